The summed E-state index contributed by atoms with van der Waals surface area (Å²) >= 11 is 1.70. The van der Waals surface area contributed by atoms with Gasteiger partial charge in [-0.05, 0) is 31.4 Å². The number of nitrogens with zero attached hydrogens (tertiary/aromatic N) is 2. The van der Waals surface area contributed by atoms with Crippen LogP contribution in [0.15, 0.2) is 33.7 Å². The topological polar surface area (TPSA) is 64.9 Å². The molecule has 1 atom stereocenters. The van der Waals surface area contributed by atoms with Crippen LogP contribution in [-0.2, 0) is 5.75 Å². The summed E-state index contributed by atoms with van der Waals surface area (Å²) in [7, 11) is 0. The van der Waals surface area contributed by atoms with Gasteiger partial charge in [0.25, 0.3) is 0 Å². The zero-order chi connectivity index (χ0) is 14.5. The van der Waals surface area contributed by atoms with Crippen LogP contribution in [0.5, 0.6) is 0 Å². The highest BCUT2D eigenvalue weighted by molar-refractivity contribution is 7.98. The second-order valence-electron chi connectivity index (χ2n) is 5.39. The van der Waals surface area contributed by atoms with Gasteiger partial charge in [0.1, 0.15) is 0 Å². The van der Waals surface area contributed by atoms with Gasteiger partial charge < -0.3 is 10.3 Å². The second-order valence-corrected chi connectivity index (χ2v) is 6.44. The van der Waals surface area contributed by atoms with Gasteiger partial charge in [0, 0.05) is 4.90 Å². The molecule has 0 aliphatic heterocycles. The molecule has 1 heterocycles. The Hall–Kier alpha value is -1.33. The summed E-state index contributed by atoms with van der Waals surface area (Å²) < 4.78 is 5.24. The van der Waals surface area contributed by atoms with Gasteiger partial charge in [-0.2, -0.15) is 4.98 Å². The highest BCUT2D eigenvalue weighted by Crippen LogP contribution is 2.23. The Labute approximate surface area is 124 Å². The van der Waals surface area contributed by atoms with Crippen molar-refractivity contribution in [3.8, 4) is 0 Å². The fourth-order valence-corrected chi connectivity index (χ4v) is 2.80. The molecule has 1 aromatic carbocycles. The molecule has 2 N–H and O–H groups in total. The van der Waals surface area contributed by atoms with Crippen LogP contribution in [0.2, 0.25) is 0 Å². The number of hydrogen-bond acceptors (Lipinski definition) is 5. The van der Waals surface area contributed by atoms with Crippen molar-refractivity contribution in [2.24, 2.45) is 11.7 Å². The van der Waals surface area contributed by atoms with Crippen molar-refractivity contribution in [1.29, 1.82) is 0 Å². The Morgan fingerprint density at radius 3 is 2.85 bits per heavy atom. The predicted molar refractivity (Wildman–Crippen MR) is 81.4 cm³/mol. The van der Waals surface area contributed by atoms with Gasteiger partial charge >= 0.3 is 0 Å². The van der Waals surface area contributed by atoms with Gasteiger partial charge in [0.15, 0.2) is 5.82 Å². The lowest BCUT2D eigenvalue weighted by Gasteiger charge is -2.08. The molecule has 0 aliphatic carbocycles. The molecule has 0 amide bonds. The molecular weight excluding hydrogens is 270 g/mol. The Morgan fingerprint density at radius 1 is 1.35 bits per heavy atom. The summed E-state index contributed by atoms with van der Waals surface area (Å²) in [5, 5.41) is 4.00. The van der Waals surface area contributed by atoms with E-state index in [0.29, 0.717) is 23.4 Å². The summed E-state index contributed by atoms with van der Waals surface area (Å²) in [6.07, 6.45) is 0.854. The van der Waals surface area contributed by atoms with E-state index in [9.17, 15) is 0 Å². The molecule has 0 aliphatic rings. The van der Waals surface area contributed by atoms with E-state index in [4.69, 9.17) is 10.3 Å². The zero-order valence-corrected chi connectivity index (χ0v) is 13.0. The highest BCUT2D eigenvalue weighted by atomic mass is 32.2. The van der Waals surface area contributed by atoms with Crippen molar-refractivity contribution in [3.05, 3.63) is 41.5 Å². The average molecular weight is 291 g/mol. The van der Waals surface area contributed by atoms with E-state index >= 15 is 0 Å². The smallest absolute Gasteiger partial charge is 0.243 e. The summed E-state index contributed by atoms with van der Waals surface area (Å²) in [6.45, 7) is 6.34. The first-order valence-corrected chi connectivity index (χ1v) is 7.80. The lowest BCUT2D eigenvalue weighted by molar-refractivity contribution is 0.333. The fraction of sp³-hybridized carbons (Fsp3) is 0.467. The average Bonchev–Trinajstić information content (AvgIpc) is 2.84. The maximum absolute atomic E-state index is 6.03. The van der Waals surface area contributed by atoms with Crippen LogP contribution in [0.1, 0.15) is 43.6 Å². The van der Waals surface area contributed by atoms with E-state index in [-0.39, 0.29) is 6.04 Å². The summed E-state index contributed by atoms with van der Waals surface area (Å²) in [4.78, 5) is 5.59. The van der Waals surface area contributed by atoms with E-state index in [2.05, 4.69) is 55.2 Å². The highest BCUT2D eigenvalue weighted by Gasteiger charge is 2.16. The van der Waals surface area contributed by atoms with Crippen molar-refractivity contribution in [2.45, 2.75) is 43.9 Å². The molecule has 2 aromatic rings. The van der Waals surface area contributed by atoms with Crippen LogP contribution in [0.4, 0.5) is 0 Å². The van der Waals surface area contributed by atoms with Crippen LogP contribution in [0.3, 0.4) is 0 Å². The molecule has 0 unspecified atom stereocenters. The summed E-state index contributed by atoms with van der Waals surface area (Å²) in [5.41, 5.74) is 7.29. The van der Waals surface area contributed by atoms with Gasteiger partial charge in [-0.3, -0.25) is 0 Å². The molecule has 0 saturated heterocycles. The van der Waals surface area contributed by atoms with E-state index in [1.165, 1.54) is 10.5 Å². The monoisotopic (exact) mass is 291 g/mol. The van der Waals surface area contributed by atoms with Crippen LogP contribution < -0.4 is 5.73 Å². The number of aromatic nitrogens is 2. The van der Waals surface area contributed by atoms with Crippen LogP contribution in [0, 0.1) is 12.8 Å². The largest absolute Gasteiger partial charge is 0.338 e. The Morgan fingerprint density at radius 2 is 2.15 bits per heavy atom. The van der Waals surface area contributed by atoms with Gasteiger partial charge in [0.2, 0.25) is 5.89 Å². The minimum atomic E-state index is -0.166. The van der Waals surface area contributed by atoms with Gasteiger partial charge in [-0.1, -0.05) is 36.7 Å². The molecule has 20 heavy (non-hydrogen) atoms. The zero-order valence-electron chi connectivity index (χ0n) is 12.2. The number of aryl methyl sites for hydroxylation is 1. The van der Waals surface area contributed by atoms with Gasteiger partial charge in [-0.25, -0.2) is 0 Å². The Kier molecular flexibility index (Phi) is 5.20. The van der Waals surface area contributed by atoms with Crippen molar-refractivity contribution in [2.75, 3.05) is 0 Å². The quantitative estimate of drug-likeness (QED) is 0.822. The maximum atomic E-state index is 6.03. The first-order valence-electron chi connectivity index (χ1n) is 6.82. The maximum Gasteiger partial charge on any atom is 0.243 e. The third-order valence-corrected chi connectivity index (χ3v) is 3.87. The SMILES string of the molecule is Cc1cccc(SCc2noc([C@@H](N)CC(C)C)n2)c1. The third kappa shape index (κ3) is 4.35. The van der Waals surface area contributed by atoms with E-state index in [1.54, 1.807) is 11.8 Å². The Balaban J connectivity index is 1.93. The lowest BCUT2D eigenvalue weighted by atomic mass is 10.0. The summed E-state index contributed by atoms with van der Waals surface area (Å²) in [5.74, 6) is 2.45. The molecule has 1 aromatic heterocycles. The standard InChI is InChI=1S/C15H21N3OS/c1-10(2)7-13(16)15-17-14(18-19-15)9-20-12-6-4-5-11(3)8-12/h4-6,8,10,13H,7,9,16H2,1-3H3/t13-/m0/s1. The molecule has 4 nitrogen and oxygen atoms in total. The normalized spacial score (nSPS) is 12.8. The minimum absolute atomic E-state index is 0.166. The van der Waals surface area contributed by atoms with E-state index in [0.717, 1.165) is 6.42 Å². The van der Waals surface area contributed by atoms with Crippen LogP contribution in [0.25, 0.3) is 0 Å². The van der Waals surface area contributed by atoms with Crippen molar-refractivity contribution < 1.29 is 4.52 Å². The van der Waals surface area contributed by atoms with Crippen LogP contribution in [-0.4, -0.2) is 10.1 Å². The molecule has 0 spiro atoms. The first kappa shape index (κ1) is 15.1. The van der Waals surface area contributed by atoms with Gasteiger partial charge in [0.05, 0.1) is 11.8 Å². The molecular formula is C15H21N3OS. The second kappa shape index (κ2) is 6.90. The van der Waals surface area contributed by atoms with Crippen molar-refractivity contribution in [1.82, 2.24) is 10.1 Å². The molecule has 5 heteroatoms. The van der Waals surface area contributed by atoms with E-state index < -0.39 is 0 Å². The number of benzene rings is 1. The van der Waals surface area contributed by atoms with Crippen molar-refractivity contribution >= 4 is 11.8 Å². The number of rotatable bonds is 6. The third-order valence-electron chi connectivity index (χ3n) is 2.88. The number of hydrogen-bond donors (Lipinski definition) is 1. The number of thioether (sulfide) groups is 1. The van der Waals surface area contributed by atoms with E-state index in [1.807, 2.05) is 0 Å². The molecule has 0 bridgehead atoms. The lowest BCUT2D eigenvalue weighted by Crippen LogP contribution is -2.13. The first-order chi connectivity index (χ1) is 9.54. The Bertz CT molecular complexity index is 554. The van der Waals surface area contributed by atoms with Crippen LogP contribution >= 0.6 is 11.8 Å². The van der Waals surface area contributed by atoms with Crippen molar-refractivity contribution in [3.63, 3.8) is 0 Å². The number of nitrogens with two attached hydrogens (primary N) is 1. The fourth-order valence-electron chi connectivity index (χ4n) is 1.94. The molecule has 0 fully saturated rings. The van der Waals surface area contributed by atoms with Gasteiger partial charge in [-0.15, -0.1) is 11.8 Å². The predicted octanol–water partition coefficient (Wildman–Crippen LogP) is 3.72. The molecule has 108 valence electrons. The molecule has 0 saturated carbocycles. The minimum Gasteiger partial charge on any atom is -0.338 e. The molecule has 2 rings (SSSR count). The summed E-state index contributed by atoms with van der Waals surface area (Å²) in [6, 6.07) is 8.21. The molecule has 0 radical (unpaired) electrons.